The Morgan fingerprint density at radius 2 is 2.12 bits per heavy atom. The van der Waals surface area contributed by atoms with Crippen molar-refractivity contribution in [1.82, 2.24) is 4.98 Å². The molecule has 25 heavy (non-hydrogen) atoms. The van der Waals surface area contributed by atoms with E-state index in [1.165, 1.54) is 6.20 Å². The average Bonchev–Trinajstić information content (AvgIpc) is 2.97. The van der Waals surface area contributed by atoms with Gasteiger partial charge in [0.1, 0.15) is 17.5 Å². The lowest BCUT2D eigenvalue weighted by Gasteiger charge is -2.24. The third kappa shape index (κ3) is 3.89. The molecule has 3 rings (SSSR count). The van der Waals surface area contributed by atoms with Crippen LogP contribution in [0.15, 0.2) is 36.5 Å². The number of nitriles is 1. The predicted molar refractivity (Wildman–Crippen MR) is 96.0 cm³/mol. The van der Waals surface area contributed by atoms with Crippen LogP contribution in [0.1, 0.15) is 31.9 Å². The number of carbonyl (C=O) groups excluding carboxylic acids is 1. The number of pyridine rings is 1. The molecule has 1 N–H and O–H groups in total. The molecule has 0 atom stereocenters. The lowest BCUT2D eigenvalue weighted by molar-refractivity contribution is 0.0584. The Balaban J connectivity index is 1.75. The Hall–Kier alpha value is -3.07. The molecule has 0 aliphatic carbocycles. The highest BCUT2D eigenvalue weighted by molar-refractivity contribution is 5.91. The summed E-state index contributed by atoms with van der Waals surface area (Å²) in [5.74, 6) is 0.668. The maximum atomic E-state index is 12.3. The monoisotopic (exact) mass is 336 g/mol. The van der Waals surface area contributed by atoms with Gasteiger partial charge in [-0.05, 0) is 63.1 Å². The van der Waals surface area contributed by atoms with Crippen molar-refractivity contribution in [2.45, 2.75) is 32.8 Å². The first-order valence-corrected chi connectivity index (χ1v) is 8.12. The number of fused-ring (bicyclic) bond motifs is 1. The molecule has 0 spiro atoms. The van der Waals surface area contributed by atoms with Crippen LogP contribution >= 0.6 is 0 Å². The van der Waals surface area contributed by atoms with Crippen LogP contribution in [0.25, 0.3) is 0 Å². The van der Waals surface area contributed by atoms with Crippen molar-refractivity contribution in [3.05, 3.63) is 47.7 Å². The Morgan fingerprint density at radius 1 is 1.32 bits per heavy atom. The second kappa shape index (κ2) is 6.44. The van der Waals surface area contributed by atoms with Crippen LogP contribution in [0.5, 0.6) is 0 Å². The van der Waals surface area contributed by atoms with Crippen LogP contribution in [0, 0.1) is 11.3 Å². The minimum absolute atomic E-state index is 0.319. The molecule has 6 heteroatoms. The third-order valence-corrected chi connectivity index (χ3v) is 3.75. The van der Waals surface area contributed by atoms with E-state index in [-0.39, 0.29) is 6.09 Å². The number of hydrogen-bond donors (Lipinski definition) is 1. The van der Waals surface area contributed by atoms with Crippen LogP contribution < -0.4 is 10.2 Å². The van der Waals surface area contributed by atoms with Gasteiger partial charge in [-0.1, -0.05) is 0 Å². The fraction of sp³-hybridized carbons (Fsp3) is 0.316. The molecule has 0 saturated carbocycles. The summed E-state index contributed by atoms with van der Waals surface area (Å²) in [6, 6.07) is 11.4. The highest BCUT2D eigenvalue weighted by Crippen LogP contribution is 2.32. The molecule has 0 saturated heterocycles. The van der Waals surface area contributed by atoms with Crippen LogP contribution in [-0.2, 0) is 11.2 Å². The van der Waals surface area contributed by atoms with Crippen molar-refractivity contribution >= 4 is 23.3 Å². The largest absolute Gasteiger partial charge is 0.443 e. The fourth-order valence-corrected chi connectivity index (χ4v) is 2.67. The smallest absolute Gasteiger partial charge is 0.414 e. The van der Waals surface area contributed by atoms with E-state index in [4.69, 9.17) is 10.00 Å². The van der Waals surface area contributed by atoms with Gasteiger partial charge in [-0.2, -0.15) is 5.26 Å². The van der Waals surface area contributed by atoms with Gasteiger partial charge < -0.3 is 10.1 Å². The van der Waals surface area contributed by atoms with Crippen LogP contribution in [0.2, 0.25) is 0 Å². The van der Waals surface area contributed by atoms with E-state index in [1.807, 2.05) is 45.0 Å². The van der Waals surface area contributed by atoms with Gasteiger partial charge in [0.05, 0.1) is 11.3 Å². The topological polar surface area (TPSA) is 78.2 Å². The number of rotatable bonds is 2. The number of ether oxygens (including phenoxy) is 1. The Labute approximate surface area is 147 Å². The predicted octanol–water partition coefficient (Wildman–Crippen LogP) is 3.99. The van der Waals surface area contributed by atoms with E-state index in [9.17, 15) is 4.79 Å². The highest BCUT2D eigenvalue weighted by atomic mass is 16.6. The van der Waals surface area contributed by atoms with E-state index in [2.05, 4.69) is 10.3 Å². The molecule has 0 unspecified atom stereocenters. The minimum Gasteiger partial charge on any atom is -0.443 e. The maximum Gasteiger partial charge on any atom is 0.414 e. The number of carbonyl (C=O) groups is 1. The Bertz CT molecular complexity index is 832. The van der Waals surface area contributed by atoms with Crippen LogP contribution in [0.4, 0.5) is 22.0 Å². The maximum absolute atomic E-state index is 12.3. The van der Waals surface area contributed by atoms with E-state index < -0.39 is 5.60 Å². The third-order valence-electron chi connectivity index (χ3n) is 3.75. The molecule has 2 aromatic rings. The van der Waals surface area contributed by atoms with Gasteiger partial charge >= 0.3 is 6.09 Å². The number of nitrogens with zero attached hydrogens (tertiary/aromatic N) is 3. The van der Waals surface area contributed by atoms with Crippen molar-refractivity contribution in [2.24, 2.45) is 0 Å². The summed E-state index contributed by atoms with van der Waals surface area (Å²) in [5.41, 5.74) is 2.87. The summed E-state index contributed by atoms with van der Waals surface area (Å²) >= 11 is 0. The zero-order chi connectivity index (χ0) is 18.0. The van der Waals surface area contributed by atoms with E-state index in [1.54, 1.807) is 17.0 Å². The quantitative estimate of drug-likeness (QED) is 0.897. The molecule has 1 aromatic carbocycles. The molecular formula is C19H20N4O2. The van der Waals surface area contributed by atoms with Gasteiger partial charge in [0.2, 0.25) is 0 Å². The van der Waals surface area contributed by atoms with Crippen molar-refractivity contribution in [2.75, 3.05) is 16.8 Å². The molecule has 2 heterocycles. The van der Waals surface area contributed by atoms with Crippen molar-refractivity contribution < 1.29 is 9.53 Å². The second-order valence-electron chi connectivity index (χ2n) is 6.89. The minimum atomic E-state index is -0.511. The molecule has 128 valence electrons. The molecule has 1 aromatic heterocycles. The summed E-state index contributed by atoms with van der Waals surface area (Å²) in [6.07, 6.45) is 1.99. The number of amides is 1. The molecule has 1 aliphatic rings. The zero-order valence-electron chi connectivity index (χ0n) is 14.5. The van der Waals surface area contributed by atoms with Crippen molar-refractivity contribution in [3.8, 4) is 6.07 Å². The lowest BCUT2D eigenvalue weighted by Crippen LogP contribution is -2.35. The fourth-order valence-electron chi connectivity index (χ4n) is 2.67. The highest BCUT2D eigenvalue weighted by Gasteiger charge is 2.28. The molecule has 0 radical (unpaired) electrons. The second-order valence-corrected chi connectivity index (χ2v) is 6.89. The Morgan fingerprint density at radius 3 is 2.76 bits per heavy atom. The lowest BCUT2D eigenvalue weighted by atomic mass is 10.1. The number of anilines is 3. The SMILES string of the molecule is CC(C)(C)OC(=O)N1CCc2cc(Nc3ccc(C#N)cn3)ccc21. The first-order valence-electron chi connectivity index (χ1n) is 8.12. The average molecular weight is 336 g/mol. The summed E-state index contributed by atoms with van der Waals surface area (Å²) < 4.78 is 5.46. The standard InChI is InChI=1S/C19H20N4O2/c1-19(2,3)25-18(24)23-9-8-14-10-15(5-6-16(14)23)22-17-7-4-13(11-20)12-21-17/h4-7,10,12H,8-9H2,1-3H3,(H,21,22). The zero-order valence-corrected chi connectivity index (χ0v) is 14.5. The first-order chi connectivity index (χ1) is 11.9. The molecule has 0 bridgehead atoms. The molecular weight excluding hydrogens is 316 g/mol. The molecule has 6 nitrogen and oxygen atoms in total. The molecule has 0 fully saturated rings. The van der Waals surface area contributed by atoms with Gasteiger partial charge in [0.15, 0.2) is 0 Å². The first kappa shape index (κ1) is 16.8. The van der Waals surface area contributed by atoms with E-state index in [0.717, 1.165) is 23.4 Å². The summed E-state index contributed by atoms with van der Waals surface area (Å²) in [5, 5.41) is 12.0. The number of hydrogen-bond acceptors (Lipinski definition) is 5. The summed E-state index contributed by atoms with van der Waals surface area (Å²) in [7, 11) is 0. The normalized spacial score (nSPS) is 13.1. The van der Waals surface area contributed by atoms with E-state index >= 15 is 0 Å². The van der Waals surface area contributed by atoms with Crippen LogP contribution in [-0.4, -0.2) is 23.2 Å². The number of aromatic nitrogens is 1. The summed E-state index contributed by atoms with van der Waals surface area (Å²) in [6.45, 7) is 6.20. The number of nitrogens with one attached hydrogen (secondary N) is 1. The molecule has 1 aliphatic heterocycles. The van der Waals surface area contributed by atoms with Gasteiger partial charge in [0.25, 0.3) is 0 Å². The van der Waals surface area contributed by atoms with Crippen molar-refractivity contribution in [3.63, 3.8) is 0 Å². The van der Waals surface area contributed by atoms with E-state index in [0.29, 0.717) is 17.9 Å². The van der Waals surface area contributed by atoms with Gasteiger partial charge in [-0.25, -0.2) is 9.78 Å². The van der Waals surface area contributed by atoms with Gasteiger partial charge in [0, 0.05) is 18.4 Å². The van der Waals surface area contributed by atoms with Crippen LogP contribution in [0.3, 0.4) is 0 Å². The Kier molecular flexibility index (Phi) is 4.32. The summed E-state index contributed by atoms with van der Waals surface area (Å²) in [4.78, 5) is 18.2. The van der Waals surface area contributed by atoms with Gasteiger partial charge in [-0.15, -0.1) is 0 Å². The van der Waals surface area contributed by atoms with Gasteiger partial charge in [-0.3, -0.25) is 4.90 Å². The number of benzene rings is 1. The van der Waals surface area contributed by atoms with Crippen molar-refractivity contribution in [1.29, 1.82) is 5.26 Å². The molecule has 1 amide bonds.